The molecule has 0 bridgehead atoms. The molecular weight excluding hydrogens is 290 g/mol. The van der Waals surface area contributed by atoms with E-state index in [1.54, 1.807) is 11.8 Å². The zero-order valence-electron chi connectivity index (χ0n) is 12.4. The van der Waals surface area contributed by atoms with Crippen LogP contribution in [-0.4, -0.2) is 51.7 Å². The zero-order valence-corrected chi connectivity index (χ0v) is 13.2. The van der Waals surface area contributed by atoms with Crippen LogP contribution in [0, 0.1) is 6.92 Å². The Hall–Kier alpha value is -1.50. The minimum absolute atomic E-state index is 0.0675. The van der Waals surface area contributed by atoms with E-state index < -0.39 is 5.97 Å². The summed E-state index contributed by atoms with van der Waals surface area (Å²) < 4.78 is 5.58. The van der Waals surface area contributed by atoms with Crippen molar-refractivity contribution in [3.63, 3.8) is 0 Å². The van der Waals surface area contributed by atoms with Gasteiger partial charge in [0, 0.05) is 29.8 Å². The molecule has 0 amide bonds. The van der Waals surface area contributed by atoms with Gasteiger partial charge in [-0.1, -0.05) is 6.92 Å². The number of hydrogen-bond donors (Lipinski definition) is 1. The van der Waals surface area contributed by atoms with Gasteiger partial charge in [0.25, 0.3) is 0 Å². The fourth-order valence-electron chi connectivity index (χ4n) is 2.22. The van der Waals surface area contributed by atoms with Crippen LogP contribution in [0.1, 0.15) is 25.5 Å². The van der Waals surface area contributed by atoms with Crippen LogP contribution in [0.15, 0.2) is 6.07 Å². The highest BCUT2D eigenvalue weighted by molar-refractivity contribution is 7.99. The molecule has 1 unspecified atom stereocenters. The molecule has 0 aromatic carbocycles. The number of aromatic nitrogens is 2. The van der Waals surface area contributed by atoms with Crippen LogP contribution >= 0.6 is 11.8 Å². The van der Waals surface area contributed by atoms with Gasteiger partial charge in [-0.05, 0) is 13.3 Å². The maximum Gasteiger partial charge on any atom is 0.305 e. The maximum absolute atomic E-state index is 11.0. The van der Waals surface area contributed by atoms with Gasteiger partial charge in [0.2, 0.25) is 11.8 Å². The molecule has 1 fully saturated rings. The number of hydrogen-bond acceptors (Lipinski definition) is 6. The summed E-state index contributed by atoms with van der Waals surface area (Å²) in [5.41, 5.74) is 0.832. The van der Waals surface area contributed by atoms with Crippen molar-refractivity contribution in [1.29, 1.82) is 0 Å². The molecule has 6 nitrogen and oxygen atoms in total. The molecule has 21 heavy (non-hydrogen) atoms. The SMILES string of the molecule is CCCOc1cc(C)nc(N2CCSCC2CC(=O)O)n1. The minimum atomic E-state index is -0.789. The number of anilines is 1. The van der Waals surface area contributed by atoms with Crippen LogP contribution in [0.5, 0.6) is 5.88 Å². The molecule has 0 aliphatic carbocycles. The third-order valence-electron chi connectivity index (χ3n) is 3.17. The average molecular weight is 311 g/mol. The quantitative estimate of drug-likeness (QED) is 0.860. The molecular formula is C14H21N3O3S. The first kappa shape index (κ1) is 15.9. The van der Waals surface area contributed by atoms with Crippen molar-refractivity contribution in [2.75, 3.05) is 29.6 Å². The zero-order chi connectivity index (χ0) is 15.2. The molecule has 1 atom stereocenters. The molecule has 7 heteroatoms. The first-order valence-electron chi connectivity index (χ1n) is 7.14. The fraction of sp³-hybridized carbons (Fsp3) is 0.643. The number of aryl methyl sites for hydroxylation is 1. The minimum Gasteiger partial charge on any atom is -0.481 e. The predicted octanol–water partition coefficient (Wildman–Crippen LogP) is 1.97. The summed E-state index contributed by atoms with van der Waals surface area (Å²) in [7, 11) is 0. The third-order valence-corrected chi connectivity index (χ3v) is 4.26. The van der Waals surface area contributed by atoms with Crippen LogP contribution in [-0.2, 0) is 4.79 Å². The van der Waals surface area contributed by atoms with Gasteiger partial charge < -0.3 is 14.7 Å². The Kier molecular flexibility index (Phi) is 5.67. The van der Waals surface area contributed by atoms with E-state index in [1.165, 1.54) is 0 Å². The number of carbonyl (C=O) groups is 1. The Bertz CT molecular complexity index is 498. The second kappa shape index (κ2) is 7.49. The highest BCUT2D eigenvalue weighted by Crippen LogP contribution is 2.25. The van der Waals surface area contributed by atoms with E-state index in [2.05, 4.69) is 9.97 Å². The Labute approximate surface area is 128 Å². The van der Waals surface area contributed by atoms with E-state index in [4.69, 9.17) is 9.84 Å². The van der Waals surface area contributed by atoms with Crippen molar-refractivity contribution in [3.05, 3.63) is 11.8 Å². The molecule has 1 N–H and O–H groups in total. The van der Waals surface area contributed by atoms with E-state index in [1.807, 2.05) is 24.8 Å². The monoisotopic (exact) mass is 311 g/mol. The fourth-order valence-corrected chi connectivity index (χ4v) is 3.28. The molecule has 2 heterocycles. The highest BCUT2D eigenvalue weighted by atomic mass is 32.2. The molecule has 1 aliphatic heterocycles. The summed E-state index contributed by atoms with van der Waals surface area (Å²) >= 11 is 1.77. The standard InChI is InChI=1S/C14H21N3O3S/c1-3-5-20-12-7-10(2)15-14(16-12)17-4-6-21-9-11(17)8-13(18)19/h7,11H,3-6,8-9H2,1-2H3,(H,18,19). The number of rotatable bonds is 6. The van der Waals surface area contributed by atoms with Gasteiger partial charge in [0.1, 0.15) is 0 Å². The summed E-state index contributed by atoms with van der Waals surface area (Å²) in [6.45, 7) is 5.32. The highest BCUT2D eigenvalue weighted by Gasteiger charge is 2.27. The molecule has 2 rings (SSSR count). The first-order valence-corrected chi connectivity index (χ1v) is 8.30. The number of thioether (sulfide) groups is 1. The lowest BCUT2D eigenvalue weighted by atomic mass is 10.2. The summed E-state index contributed by atoms with van der Waals surface area (Å²) in [6, 6.07) is 1.74. The largest absolute Gasteiger partial charge is 0.481 e. The summed E-state index contributed by atoms with van der Waals surface area (Å²) in [5.74, 6) is 2.09. The Morgan fingerprint density at radius 3 is 3.10 bits per heavy atom. The summed E-state index contributed by atoms with van der Waals surface area (Å²) in [4.78, 5) is 21.9. The number of carboxylic acid groups (broad SMARTS) is 1. The van der Waals surface area contributed by atoms with E-state index in [0.717, 1.165) is 30.2 Å². The molecule has 0 radical (unpaired) electrons. The van der Waals surface area contributed by atoms with Crippen LogP contribution in [0.2, 0.25) is 0 Å². The van der Waals surface area contributed by atoms with Crippen molar-refractivity contribution < 1.29 is 14.6 Å². The van der Waals surface area contributed by atoms with Gasteiger partial charge >= 0.3 is 5.97 Å². The predicted molar refractivity (Wildman–Crippen MR) is 83.3 cm³/mol. The maximum atomic E-state index is 11.0. The topological polar surface area (TPSA) is 75.5 Å². The second-order valence-corrected chi connectivity index (χ2v) is 6.17. The van der Waals surface area contributed by atoms with E-state index in [-0.39, 0.29) is 12.5 Å². The lowest BCUT2D eigenvalue weighted by molar-refractivity contribution is -0.137. The molecule has 116 valence electrons. The van der Waals surface area contributed by atoms with Gasteiger partial charge in [-0.3, -0.25) is 4.79 Å². The van der Waals surface area contributed by atoms with E-state index in [0.29, 0.717) is 18.4 Å². The molecule has 0 saturated carbocycles. The number of nitrogens with zero attached hydrogens (tertiary/aromatic N) is 3. The van der Waals surface area contributed by atoms with E-state index >= 15 is 0 Å². The van der Waals surface area contributed by atoms with Crippen molar-refractivity contribution in [2.24, 2.45) is 0 Å². The third kappa shape index (κ3) is 4.49. The lowest BCUT2D eigenvalue weighted by Gasteiger charge is -2.34. The molecule has 1 aromatic rings. The van der Waals surface area contributed by atoms with Crippen LogP contribution in [0.3, 0.4) is 0 Å². The van der Waals surface area contributed by atoms with Crippen molar-refractivity contribution in [1.82, 2.24) is 9.97 Å². The van der Waals surface area contributed by atoms with Crippen LogP contribution < -0.4 is 9.64 Å². The van der Waals surface area contributed by atoms with E-state index in [9.17, 15) is 4.79 Å². The van der Waals surface area contributed by atoms with Crippen LogP contribution in [0.25, 0.3) is 0 Å². The smallest absolute Gasteiger partial charge is 0.305 e. The average Bonchev–Trinajstić information content (AvgIpc) is 2.44. The summed E-state index contributed by atoms with van der Waals surface area (Å²) in [6.07, 6.45) is 1.02. The molecule has 1 aliphatic rings. The van der Waals surface area contributed by atoms with Gasteiger partial charge in [0.15, 0.2) is 0 Å². The molecule has 1 aromatic heterocycles. The second-order valence-electron chi connectivity index (χ2n) is 5.02. The Morgan fingerprint density at radius 2 is 2.38 bits per heavy atom. The van der Waals surface area contributed by atoms with Crippen molar-refractivity contribution >= 4 is 23.7 Å². The van der Waals surface area contributed by atoms with Crippen molar-refractivity contribution in [2.45, 2.75) is 32.7 Å². The van der Waals surface area contributed by atoms with Gasteiger partial charge in [-0.15, -0.1) is 0 Å². The normalized spacial score (nSPS) is 18.6. The van der Waals surface area contributed by atoms with Crippen molar-refractivity contribution in [3.8, 4) is 5.88 Å². The Balaban J connectivity index is 2.20. The van der Waals surface area contributed by atoms with Gasteiger partial charge in [0.05, 0.1) is 19.1 Å². The first-order chi connectivity index (χ1) is 10.1. The number of aliphatic carboxylic acids is 1. The lowest BCUT2D eigenvalue weighted by Crippen LogP contribution is -2.44. The Morgan fingerprint density at radius 1 is 1.57 bits per heavy atom. The molecule has 0 spiro atoms. The van der Waals surface area contributed by atoms with Gasteiger partial charge in [-0.25, -0.2) is 4.98 Å². The van der Waals surface area contributed by atoms with Crippen LogP contribution in [0.4, 0.5) is 5.95 Å². The summed E-state index contributed by atoms with van der Waals surface area (Å²) in [5, 5.41) is 9.05. The van der Waals surface area contributed by atoms with Gasteiger partial charge in [-0.2, -0.15) is 16.7 Å². The number of carboxylic acids is 1. The number of ether oxygens (including phenoxy) is 1. The molecule has 1 saturated heterocycles.